The normalized spacial score (nSPS) is 9.75. The third-order valence-electron chi connectivity index (χ3n) is 2.28. The standard InChI is InChI=1S/C12H11N3O/c13-11-2-1-10(7-12(11)15-8-16)9-3-5-14-6-4-9/h1-8H,13H2,(H,15,16). The summed E-state index contributed by atoms with van der Waals surface area (Å²) in [5.41, 5.74) is 8.90. The summed E-state index contributed by atoms with van der Waals surface area (Å²) in [6, 6.07) is 9.30. The number of pyridine rings is 1. The molecule has 4 heteroatoms. The number of hydrogen-bond acceptors (Lipinski definition) is 3. The first-order valence-corrected chi connectivity index (χ1v) is 4.81. The average molecular weight is 213 g/mol. The van der Waals surface area contributed by atoms with Gasteiger partial charge < -0.3 is 11.1 Å². The van der Waals surface area contributed by atoms with Crippen molar-refractivity contribution in [1.82, 2.24) is 4.98 Å². The van der Waals surface area contributed by atoms with Gasteiger partial charge in [-0.15, -0.1) is 0 Å². The molecule has 2 aromatic rings. The van der Waals surface area contributed by atoms with Gasteiger partial charge in [0.25, 0.3) is 0 Å². The van der Waals surface area contributed by atoms with Crippen LogP contribution in [-0.2, 0) is 4.79 Å². The Balaban J connectivity index is 2.43. The number of amides is 1. The van der Waals surface area contributed by atoms with Crippen LogP contribution in [0, 0.1) is 0 Å². The Hall–Kier alpha value is -2.36. The number of hydrogen-bond donors (Lipinski definition) is 2. The zero-order valence-electron chi connectivity index (χ0n) is 8.55. The average Bonchev–Trinajstić information content (AvgIpc) is 2.33. The fraction of sp³-hybridized carbons (Fsp3) is 0. The minimum absolute atomic E-state index is 0.546. The number of nitrogens with zero attached hydrogens (tertiary/aromatic N) is 1. The van der Waals surface area contributed by atoms with Crippen LogP contribution in [-0.4, -0.2) is 11.4 Å². The van der Waals surface area contributed by atoms with Crippen LogP contribution >= 0.6 is 0 Å². The summed E-state index contributed by atoms with van der Waals surface area (Å²) in [6.45, 7) is 0. The van der Waals surface area contributed by atoms with Gasteiger partial charge in [-0.3, -0.25) is 9.78 Å². The summed E-state index contributed by atoms with van der Waals surface area (Å²) in [4.78, 5) is 14.3. The molecule has 16 heavy (non-hydrogen) atoms. The molecule has 0 bridgehead atoms. The highest BCUT2D eigenvalue weighted by atomic mass is 16.1. The number of carbonyl (C=O) groups is 1. The SMILES string of the molecule is Nc1ccc(-c2ccncc2)cc1NC=O. The monoisotopic (exact) mass is 213 g/mol. The molecule has 3 N–H and O–H groups in total. The second kappa shape index (κ2) is 4.44. The molecule has 1 amide bonds. The van der Waals surface area contributed by atoms with E-state index in [2.05, 4.69) is 10.3 Å². The number of nitrogen functional groups attached to an aromatic ring is 1. The summed E-state index contributed by atoms with van der Waals surface area (Å²) in [7, 11) is 0. The van der Waals surface area contributed by atoms with E-state index in [1.54, 1.807) is 18.5 Å². The van der Waals surface area contributed by atoms with Gasteiger partial charge in [-0.25, -0.2) is 0 Å². The molecule has 0 fully saturated rings. The van der Waals surface area contributed by atoms with Crippen molar-refractivity contribution in [2.75, 3.05) is 11.1 Å². The first-order chi connectivity index (χ1) is 7.81. The number of benzene rings is 1. The highest BCUT2D eigenvalue weighted by molar-refractivity contribution is 5.83. The molecule has 0 saturated carbocycles. The van der Waals surface area contributed by atoms with E-state index < -0.39 is 0 Å². The van der Waals surface area contributed by atoms with Gasteiger partial charge in [0.1, 0.15) is 0 Å². The molecule has 0 aliphatic rings. The van der Waals surface area contributed by atoms with Gasteiger partial charge in [0, 0.05) is 12.4 Å². The van der Waals surface area contributed by atoms with Crippen LogP contribution < -0.4 is 11.1 Å². The van der Waals surface area contributed by atoms with Crippen LogP contribution in [0.15, 0.2) is 42.7 Å². The van der Waals surface area contributed by atoms with E-state index in [4.69, 9.17) is 5.73 Å². The summed E-state index contributed by atoms with van der Waals surface area (Å²) >= 11 is 0. The molecule has 80 valence electrons. The van der Waals surface area contributed by atoms with E-state index in [0.29, 0.717) is 17.8 Å². The summed E-state index contributed by atoms with van der Waals surface area (Å²) in [6.07, 6.45) is 4.05. The maximum Gasteiger partial charge on any atom is 0.211 e. The molecule has 0 saturated heterocycles. The number of rotatable bonds is 3. The molecule has 0 unspecified atom stereocenters. The molecular weight excluding hydrogens is 202 g/mol. The molecule has 1 aromatic carbocycles. The molecule has 0 atom stereocenters. The fourth-order valence-corrected chi connectivity index (χ4v) is 1.47. The van der Waals surface area contributed by atoms with Gasteiger partial charge in [-0.05, 0) is 35.4 Å². The zero-order valence-corrected chi connectivity index (χ0v) is 8.55. The minimum atomic E-state index is 0.546. The Bertz CT molecular complexity index is 497. The Kier molecular flexibility index (Phi) is 2.82. The second-order valence-corrected chi connectivity index (χ2v) is 3.30. The van der Waals surface area contributed by atoms with Crippen molar-refractivity contribution in [3.05, 3.63) is 42.7 Å². The molecule has 1 aromatic heterocycles. The Morgan fingerprint density at radius 3 is 2.56 bits per heavy atom. The number of aromatic nitrogens is 1. The Labute approximate surface area is 93.1 Å². The number of carbonyl (C=O) groups excluding carboxylic acids is 1. The first-order valence-electron chi connectivity index (χ1n) is 4.81. The quantitative estimate of drug-likeness (QED) is 0.604. The lowest BCUT2D eigenvalue weighted by Crippen LogP contribution is -1.99. The predicted molar refractivity (Wildman–Crippen MR) is 63.8 cm³/mol. The Morgan fingerprint density at radius 2 is 1.88 bits per heavy atom. The summed E-state index contributed by atoms with van der Waals surface area (Å²) in [5.74, 6) is 0. The van der Waals surface area contributed by atoms with E-state index in [9.17, 15) is 4.79 Å². The van der Waals surface area contributed by atoms with Crippen molar-refractivity contribution in [2.24, 2.45) is 0 Å². The lowest BCUT2D eigenvalue weighted by Gasteiger charge is -2.07. The minimum Gasteiger partial charge on any atom is -0.397 e. The van der Waals surface area contributed by atoms with Gasteiger partial charge in [0.2, 0.25) is 6.41 Å². The van der Waals surface area contributed by atoms with Crippen molar-refractivity contribution in [2.45, 2.75) is 0 Å². The maximum atomic E-state index is 10.4. The van der Waals surface area contributed by atoms with Crippen LogP contribution in [0.5, 0.6) is 0 Å². The molecule has 0 radical (unpaired) electrons. The highest BCUT2D eigenvalue weighted by Crippen LogP contribution is 2.26. The molecule has 2 rings (SSSR count). The van der Waals surface area contributed by atoms with Crippen molar-refractivity contribution in [3.63, 3.8) is 0 Å². The van der Waals surface area contributed by atoms with E-state index >= 15 is 0 Å². The highest BCUT2D eigenvalue weighted by Gasteiger charge is 2.02. The van der Waals surface area contributed by atoms with Crippen LogP contribution in [0.1, 0.15) is 0 Å². The van der Waals surface area contributed by atoms with E-state index in [1.807, 2.05) is 24.3 Å². The van der Waals surface area contributed by atoms with Gasteiger partial charge in [0.15, 0.2) is 0 Å². The number of nitrogens with one attached hydrogen (secondary N) is 1. The molecule has 0 aliphatic carbocycles. The molecular formula is C12H11N3O. The number of anilines is 2. The largest absolute Gasteiger partial charge is 0.397 e. The van der Waals surface area contributed by atoms with Crippen molar-refractivity contribution >= 4 is 17.8 Å². The fourth-order valence-electron chi connectivity index (χ4n) is 1.47. The van der Waals surface area contributed by atoms with Crippen molar-refractivity contribution in [1.29, 1.82) is 0 Å². The molecule has 1 heterocycles. The molecule has 0 aliphatic heterocycles. The van der Waals surface area contributed by atoms with Crippen molar-refractivity contribution in [3.8, 4) is 11.1 Å². The van der Waals surface area contributed by atoms with Crippen LogP contribution in [0.3, 0.4) is 0 Å². The van der Waals surface area contributed by atoms with Gasteiger partial charge in [-0.2, -0.15) is 0 Å². The first kappa shape index (κ1) is 10.2. The van der Waals surface area contributed by atoms with E-state index in [1.165, 1.54) is 0 Å². The molecule has 0 spiro atoms. The van der Waals surface area contributed by atoms with Crippen molar-refractivity contribution < 1.29 is 4.79 Å². The van der Waals surface area contributed by atoms with Gasteiger partial charge >= 0.3 is 0 Å². The smallest absolute Gasteiger partial charge is 0.211 e. The molecule has 4 nitrogen and oxygen atoms in total. The van der Waals surface area contributed by atoms with Crippen LogP contribution in [0.4, 0.5) is 11.4 Å². The van der Waals surface area contributed by atoms with Gasteiger partial charge in [0.05, 0.1) is 11.4 Å². The lowest BCUT2D eigenvalue weighted by atomic mass is 10.1. The number of nitrogens with two attached hydrogens (primary N) is 1. The van der Waals surface area contributed by atoms with E-state index in [0.717, 1.165) is 11.1 Å². The lowest BCUT2D eigenvalue weighted by molar-refractivity contribution is -0.105. The topological polar surface area (TPSA) is 68.0 Å². The Morgan fingerprint density at radius 1 is 1.12 bits per heavy atom. The summed E-state index contributed by atoms with van der Waals surface area (Å²) < 4.78 is 0. The summed E-state index contributed by atoms with van der Waals surface area (Å²) in [5, 5.41) is 2.56. The van der Waals surface area contributed by atoms with Gasteiger partial charge in [-0.1, -0.05) is 6.07 Å². The third kappa shape index (κ3) is 2.00. The second-order valence-electron chi connectivity index (χ2n) is 3.30. The van der Waals surface area contributed by atoms with Crippen LogP contribution in [0.25, 0.3) is 11.1 Å². The van der Waals surface area contributed by atoms with E-state index in [-0.39, 0.29) is 0 Å². The predicted octanol–water partition coefficient (Wildman–Crippen LogP) is 1.90. The maximum absolute atomic E-state index is 10.4. The van der Waals surface area contributed by atoms with Crippen LogP contribution in [0.2, 0.25) is 0 Å². The third-order valence-corrected chi connectivity index (χ3v) is 2.28. The zero-order chi connectivity index (χ0) is 11.4.